The van der Waals surface area contributed by atoms with E-state index in [0.29, 0.717) is 25.8 Å². The third kappa shape index (κ3) is 3.00. The van der Waals surface area contributed by atoms with Crippen LogP contribution >= 0.6 is 0 Å². The molecule has 0 fully saturated rings. The van der Waals surface area contributed by atoms with E-state index < -0.39 is 5.54 Å². The van der Waals surface area contributed by atoms with Crippen LogP contribution in [0.25, 0.3) is 0 Å². The highest BCUT2D eigenvalue weighted by Crippen LogP contribution is 2.14. The van der Waals surface area contributed by atoms with Gasteiger partial charge in [-0.15, -0.1) is 0 Å². The van der Waals surface area contributed by atoms with Gasteiger partial charge >= 0.3 is 0 Å². The lowest BCUT2D eigenvalue weighted by atomic mass is 9.92. The first-order valence-electron chi connectivity index (χ1n) is 4.93. The van der Waals surface area contributed by atoms with Gasteiger partial charge in [-0.3, -0.25) is 4.79 Å². The van der Waals surface area contributed by atoms with Gasteiger partial charge in [0.1, 0.15) is 0 Å². The SMILES string of the molecule is CCC(N)(CC)C(=O)N(C)CCC#N. The molecule has 0 aromatic rings. The maximum absolute atomic E-state index is 11.8. The van der Waals surface area contributed by atoms with Gasteiger partial charge in [-0.1, -0.05) is 13.8 Å². The van der Waals surface area contributed by atoms with Gasteiger partial charge < -0.3 is 10.6 Å². The van der Waals surface area contributed by atoms with E-state index in [0.717, 1.165) is 0 Å². The van der Waals surface area contributed by atoms with Crippen LogP contribution in [0.4, 0.5) is 0 Å². The van der Waals surface area contributed by atoms with Crippen LogP contribution < -0.4 is 5.73 Å². The van der Waals surface area contributed by atoms with Crippen molar-refractivity contribution in [2.75, 3.05) is 13.6 Å². The minimum absolute atomic E-state index is 0.0715. The number of nitriles is 1. The molecule has 0 heterocycles. The number of likely N-dealkylation sites (N-methyl/N-ethyl adjacent to an activating group) is 1. The molecule has 0 saturated carbocycles. The van der Waals surface area contributed by atoms with Gasteiger partial charge in [0, 0.05) is 13.6 Å². The fourth-order valence-electron chi connectivity index (χ4n) is 1.25. The molecule has 0 rings (SSSR count). The highest BCUT2D eigenvalue weighted by atomic mass is 16.2. The van der Waals surface area contributed by atoms with E-state index >= 15 is 0 Å². The van der Waals surface area contributed by atoms with E-state index in [2.05, 4.69) is 0 Å². The molecule has 0 spiro atoms. The zero-order chi connectivity index (χ0) is 11.2. The third-order valence-corrected chi connectivity index (χ3v) is 2.59. The molecule has 80 valence electrons. The van der Waals surface area contributed by atoms with E-state index in [4.69, 9.17) is 11.0 Å². The van der Waals surface area contributed by atoms with Crippen LogP contribution in [-0.4, -0.2) is 29.9 Å². The lowest BCUT2D eigenvalue weighted by molar-refractivity contribution is -0.135. The molecule has 0 aliphatic carbocycles. The molecule has 0 aromatic carbocycles. The van der Waals surface area contributed by atoms with E-state index in [-0.39, 0.29) is 5.91 Å². The molecule has 4 heteroatoms. The molecule has 2 N–H and O–H groups in total. The zero-order valence-electron chi connectivity index (χ0n) is 9.21. The molecule has 0 radical (unpaired) electrons. The summed E-state index contributed by atoms with van der Waals surface area (Å²) in [6, 6.07) is 2.01. The molecular formula is C10H19N3O. The first kappa shape index (κ1) is 12.9. The number of nitrogens with two attached hydrogens (primary N) is 1. The quantitative estimate of drug-likeness (QED) is 0.711. The van der Waals surface area contributed by atoms with Crippen LogP contribution in [0.5, 0.6) is 0 Å². The molecule has 14 heavy (non-hydrogen) atoms. The summed E-state index contributed by atoms with van der Waals surface area (Å²) >= 11 is 0. The Morgan fingerprint density at radius 1 is 1.50 bits per heavy atom. The lowest BCUT2D eigenvalue weighted by Gasteiger charge is -2.30. The standard InChI is InChI=1S/C10H19N3O/c1-4-10(12,5-2)9(14)13(3)8-6-7-11/h4-6,8,12H2,1-3H3. The van der Waals surface area contributed by atoms with Gasteiger partial charge in [0.05, 0.1) is 18.0 Å². The Morgan fingerprint density at radius 2 is 2.00 bits per heavy atom. The monoisotopic (exact) mass is 197 g/mol. The Balaban J connectivity index is 4.37. The first-order valence-corrected chi connectivity index (χ1v) is 4.93. The summed E-state index contributed by atoms with van der Waals surface area (Å²) in [5.41, 5.74) is 5.18. The molecule has 0 saturated heterocycles. The summed E-state index contributed by atoms with van der Waals surface area (Å²) in [7, 11) is 1.69. The number of carbonyl (C=O) groups is 1. The summed E-state index contributed by atoms with van der Waals surface area (Å²) < 4.78 is 0. The van der Waals surface area contributed by atoms with Crippen molar-refractivity contribution in [1.82, 2.24) is 4.90 Å². The zero-order valence-corrected chi connectivity index (χ0v) is 9.21. The van der Waals surface area contributed by atoms with Gasteiger partial charge in [0.25, 0.3) is 0 Å². The molecule has 0 atom stereocenters. The predicted octanol–water partition coefficient (Wildman–Crippen LogP) is 0.876. The van der Waals surface area contributed by atoms with Crippen LogP contribution in [0.15, 0.2) is 0 Å². The molecule has 0 aliphatic rings. The fraction of sp³-hybridized carbons (Fsp3) is 0.800. The Labute approximate surface area is 85.7 Å². The van der Waals surface area contributed by atoms with Crippen molar-refractivity contribution in [2.45, 2.75) is 38.6 Å². The number of hydrogen-bond acceptors (Lipinski definition) is 3. The van der Waals surface area contributed by atoms with Crippen molar-refractivity contribution in [1.29, 1.82) is 5.26 Å². The maximum atomic E-state index is 11.8. The Hall–Kier alpha value is -1.08. The van der Waals surface area contributed by atoms with Gasteiger partial charge in [0.2, 0.25) is 5.91 Å². The van der Waals surface area contributed by atoms with Gasteiger partial charge in [-0.25, -0.2) is 0 Å². The highest BCUT2D eigenvalue weighted by Gasteiger charge is 2.32. The van der Waals surface area contributed by atoms with Crippen LogP contribution in [0.1, 0.15) is 33.1 Å². The maximum Gasteiger partial charge on any atom is 0.242 e. The van der Waals surface area contributed by atoms with E-state index in [1.165, 1.54) is 4.90 Å². The Bertz CT molecular complexity index is 228. The highest BCUT2D eigenvalue weighted by molar-refractivity contribution is 5.85. The van der Waals surface area contributed by atoms with Crippen molar-refractivity contribution in [2.24, 2.45) is 5.73 Å². The third-order valence-electron chi connectivity index (χ3n) is 2.59. The average molecular weight is 197 g/mol. The number of carbonyl (C=O) groups excluding carboxylic acids is 1. The summed E-state index contributed by atoms with van der Waals surface area (Å²) in [6.07, 6.45) is 1.60. The second-order valence-corrected chi connectivity index (χ2v) is 3.50. The normalized spacial score (nSPS) is 10.8. The lowest BCUT2D eigenvalue weighted by Crippen LogP contribution is -2.53. The van der Waals surface area contributed by atoms with Crippen LogP contribution in [0.3, 0.4) is 0 Å². The Morgan fingerprint density at radius 3 is 2.36 bits per heavy atom. The molecule has 0 aromatic heterocycles. The first-order chi connectivity index (χ1) is 6.51. The summed E-state index contributed by atoms with van der Waals surface area (Å²) in [5.74, 6) is -0.0715. The smallest absolute Gasteiger partial charge is 0.242 e. The van der Waals surface area contributed by atoms with Crippen molar-refractivity contribution < 1.29 is 4.79 Å². The number of amides is 1. The molecule has 0 unspecified atom stereocenters. The number of nitrogens with zero attached hydrogens (tertiary/aromatic N) is 2. The van der Waals surface area contributed by atoms with Crippen molar-refractivity contribution >= 4 is 5.91 Å². The summed E-state index contributed by atoms with van der Waals surface area (Å²) in [4.78, 5) is 13.4. The van der Waals surface area contributed by atoms with E-state index in [1.54, 1.807) is 7.05 Å². The molecule has 1 amide bonds. The van der Waals surface area contributed by atoms with Crippen LogP contribution in [0.2, 0.25) is 0 Å². The van der Waals surface area contributed by atoms with Crippen LogP contribution in [0, 0.1) is 11.3 Å². The molecular weight excluding hydrogens is 178 g/mol. The molecule has 0 bridgehead atoms. The minimum atomic E-state index is -0.760. The number of rotatable bonds is 5. The van der Waals surface area contributed by atoms with Crippen molar-refractivity contribution in [3.05, 3.63) is 0 Å². The van der Waals surface area contributed by atoms with Gasteiger partial charge in [-0.05, 0) is 12.8 Å². The molecule has 0 aliphatic heterocycles. The van der Waals surface area contributed by atoms with E-state index in [1.807, 2.05) is 19.9 Å². The largest absolute Gasteiger partial charge is 0.343 e. The average Bonchev–Trinajstić information content (AvgIpc) is 2.23. The number of hydrogen-bond donors (Lipinski definition) is 1. The fourth-order valence-corrected chi connectivity index (χ4v) is 1.25. The van der Waals surface area contributed by atoms with Gasteiger partial charge in [0.15, 0.2) is 0 Å². The Kier molecular flexibility index (Phi) is 5.18. The van der Waals surface area contributed by atoms with Crippen molar-refractivity contribution in [3.8, 4) is 6.07 Å². The van der Waals surface area contributed by atoms with E-state index in [9.17, 15) is 4.79 Å². The predicted molar refractivity (Wildman–Crippen MR) is 55.4 cm³/mol. The van der Waals surface area contributed by atoms with Gasteiger partial charge in [-0.2, -0.15) is 5.26 Å². The second-order valence-electron chi connectivity index (χ2n) is 3.50. The van der Waals surface area contributed by atoms with Crippen LogP contribution in [-0.2, 0) is 4.79 Å². The van der Waals surface area contributed by atoms with Crippen molar-refractivity contribution in [3.63, 3.8) is 0 Å². The summed E-state index contributed by atoms with van der Waals surface area (Å²) in [6.45, 7) is 4.26. The second kappa shape index (κ2) is 5.61. The molecule has 4 nitrogen and oxygen atoms in total. The topological polar surface area (TPSA) is 70.1 Å². The summed E-state index contributed by atoms with van der Waals surface area (Å²) in [5, 5.41) is 8.39. The minimum Gasteiger partial charge on any atom is -0.343 e.